The zero-order chi connectivity index (χ0) is 10.4. The summed E-state index contributed by atoms with van der Waals surface area (Å²) in [5.41, 5.74) is 5.60. The van der Waals surface area contributed by atoms with Crippen LogP contribution < -0.4 is 11.1 Å². The van der Waals surface area contributed by atoms with Gasteiger partial charge in [-0.2, -0.15) is 0 Å². The van der Waals surface area contributed by atoms with Gasteiger partial charge in [0.05, 0.1) is 0 Å². The SMILES string of the molecule is CCNC1CC(CC)CN(CCN)C1. The standard InChI is InChI=1S/C11H25N3/c1-3-10-7-11(13-4-2)9-14(8-10)6-5-12/h10-11,13H,3-9,12H2,1-2H3. The molecule has 2 unspecified atom stereocenters. The smallest absolute Gasteiger partial charge is 0.0198 e. The van der Waals surface area contributed by atoms with Crippen LogP contribution >= 0.6 is 0 Å². The Bertz CT molecular complexity index is 135. The fraction of sp³-hybridized carbons (Fsp3) is 1.00. The molecule has 3 nitrogen and oxygen atoms in total. The van der Waals surface area contributed by atoms with E-state index in [0.717, 1.165) is 25.6 Å². The predicted octanol–water partition coefficient (Wildman–Crippen LogP) is 0.655. The van der Waals surface area contributed by atoms with E-state index < -0.39 is 0 Å². The van der Waals surface area contributed by atoms with Crippen molar-refractivity contribution in [1.29, 1.82) is 0 Å². The van der Waals surface area contributed by atoms with Crippen molar-refractivity contribution in [3.63, 3.8) is 0 Å². The number of nitrogens with zero attached hydrogens (tertiary/aromatic N) is 1. The van der Waals surface area contributed by atoms with Crippen molar-refractivity contribution in [3.8, 4) is 0 Å². The Hall–Kier alpha value is -0.120. The molecular weight excluding hydrogens is 174 g/mol. The Labute approximate surface area is 88.0 Å². The highest BCUT2D eigenvalue weighted by Gasteiger charge is 2.24. The van der Waals surface area contributed by atoms with E-state index in [0.29, 0.717) is 6.04 Å². The Morgan fingerprint density at radius 3 is 2.71 bits per heavy atom. The second-order valence-corrected chi connectivity index (χ2v) is 4.31. The Balaban J connectivity index is 2.39. The number of hydrogen-bond acceptors (Lipinski definition) is 3. The maximum Gasteiger partial charge on any atom is 0.0198 e. The molecule has 0 aliphatic carbocycles. The third-order valence-corrected chi connectivity index (χ3v) is 3.13. The number of nitrogens with one attached hydrogen (secondary N) is 1. The summed E-state index contributed by atoms with van der Waals surface area (Å²) in [7, 11) is 0. The molecule has 1 heterocycles. The van der Waals surface area contributed by atoms with E-state index in [4.69, 9.17) is 5.73 Å². The molecule has 1 fully saturated rings. The molecule has 1 rings (SSSR count). The minimum Gasteiger partial charge on any atom is -0.329 e. The first kappa shape index (κ1) is 12.0. The molecular formula is C11H25N3. The number of rotatable bonds is 5. The summed E-state index contributed by atoms with van der Waals surface area (Å²) in [5.74, 6) is 0.861. The lowest BCUT2D eigenvalue weighted by molar-refractivity contribution is 0.143. The summed E-state index contributed by atoms with van der Waals surface area (Å²) in [6.07, 6.45) is 2.63. The highest BCUT2D eigenvalue weighted by molar-refractivity contribution is 4.82. The molecule has 0 aromatic rings. The molecule has 0 aromatic heterocycles. The number of hydrogen-bond donors (Lipinski definition) is 2. The van der Waals surface area contributed by atoms with E-state index in [1.165, 1.54) is 25.9 Å². The van der Waals surface area contributed by atoms with Gasteiger partial charge in [0, 0.05) is 32.2 Å². The van der Waals surface area contributed by atoms with Gasteiger partial charge in [-0.15, -0.1) is 0 Å². The first-order chi connectivity index (χ1) is 6.80. The van der Waals surface area contributed by atoms with E-state index in [1.54, 1.807) is 0 Å². The highest BCUT2D eigenvalue weighted by atomic mass is 15.2. The zero-order valence-corrected chi connectivity index (χ0v) is 9.63. The highest BCUT2D eigenvalue weighted by Crippen LogP contribution is 2.19. The van der Waals surface area contributed by atoms with Crippen molar-refractivity contribution in [2.24, 2.45) is 11.7 Å². The van der Waals surface area contributed by atoms with E-state index in [2.05, 4.69) is 24.1 Å². The van der Waals surface area contributed by atoms with Crippen molar-refractivity contribution in [2.45, 2.75) is 32.7 Å². The van der Waals surface area contributed by atoms with Crippen molar-refractivity contribution >= 4 is 0 Å². The fourth-order valence-electron chi connectivity index (χ4n) is 2.40. The topological polar surface area (TPSA) is 41.3 Å². The van der Waals surface area contributed by atoms with Crippen LogP contribution in [0.25, 0.3) is 0 Å². The summed E-state index contributed by atoms with van der Waals surface area (Å²) in [4.78, 5) is 2.50. The van der Waals surface area contributed by atoms with Gasteiger partial charge >= 0.3 is 0 Å². The summed E-state index contributed by atoms with van der Waals surface area (Å²) in [6.45, 7) is 9.82. The minimum atomic E-state index is 0.685. The summed E-state index contributed by atoms with van der Waals surface area (Å²) >= 11 is 0. The van der Waals surface area contributed by atoms with Crippen LogP contribution in [0, 0.1) is 5.92 Å². The van der Waals surface area contributed by atoms with Gasteiger partial charge in [-0.05, 0) is 18.9 Å². The summed E-state index contributed by atoms with van der Waals surface area (Å²) in [6, 6.07) is 0.685. The van der Waals surface area contributed by atoms with Crippen LogP contribution in [-0.4, -0.2) is 43.7 Å². The molecule has 2 atom stereocenters. The van der Waals surface area contributed by atoms with Gasteiger partial charge in [-0.1, -0.05) is 20.3 Å². The Kier molecular flexibility index (Phi) is 5.45. The molecule has 0 aromatic carbocycles. The van der Waals surface area contributed by atoms with E-state index in [1.807, 2.05) is 0 Å². The largest absolute Gasteiger partial charge is 0.329 e. The molecule has 1 aliphatic rings. The summed E-state index contributed by atoms with van der Waals surface area (Å²) < 4.78 is 0. The second kappa shape index (κ2) is 6.38. The van der Waals surface area contributed by atoms with Gasteiger partial charge in [-0.3, -0.25) is 0 Å². The monoisotopic (exact) mass is 199 g/mol. The molecule has 0 spiro atoms. The molecule has 84 valence electrons. The van der Waals surface area contributed by atoms with E-state index in [-0.39, 0.29) is 0 Å². The number of likely N-dealkylation sites (N-methyl/N-ethyl adjacent to an activating group) is 1. The normalized spacial score (nSPS) is 29.4. The van der Waals surface area contributed by atoms with Gasteiger partial charge < -0.3 is 16.0 Å². The van der Waals surface area contributed by atoms with Gasteiger partial charge in [-0.25, -0.2) is 0 Å². The Morgan fingerprint density at radius 2 is 2.14 bits per heavy atom. The van der Waals surface area contributed by atoms with Crippen LogP contribution in [0.3, 0.4) is 0 Å². The maximum absolute atomic E-state index is 5.60. The lowest BCUT2D eigenvalue weighted by Crippen LogP contribution is -2.50. The molecule has 0 radical (unpaired) electrons. The van der Waals surface area contributed by atoms with Gasteiger partial charge in [0.1, 0.15) is 0 Å². The number of nitrogens with two attached hydrogens (primary N) is 1. The lowest BCUT2D eigenvalue weighted by atomic mass is 9.92. The second-order valence-electron chi connectivity index (χ2n) is 4.31. The average molecular weight is 199 g/mol. The molecule has 0 amide bonds. The van der Waals surface area contributed by atoms with Crippen molar-refractivity contribution in [2.75, 3.05) is 32.7 Å². The minimum absolute atomic E-state index is 0.685. The average Bonchev–Trinajstić information content (AvgIpc) is 2.18. The van der Waals surface area contributed by atoms with Crippen LogP contribution in [0.1, 0.15) is 26.7 Å². The first-order valence-corrected chi connectivity index (χ1v) is 5.95. The third kappa shape index (κ3) is 3.56. The van der Waals surface area contributed by atoms with Crippen molar-refractivity contribution < 1.29 is 0 Å². The molecule has 3 N–H and O–H groups in total. The molecule has 1 aliphatic heterocycles. The van der Waals surface area contributed by atoms with Crippen LogP contribution in [0.4, 0.5) is 0 Å². The molecule has 14 heavy (non-hydrogen) atoms. The first-order valence-electron chi connectivity index (χ1n) is 5.95. The van der Waals surface area contributed by atoms with E-state index in [9.17, 15) is 0 Å². The van der Waals surface area contributed by atoms with Crippen LogP contribution in [-0.2, 0) is 0 Å². The van der Waals surface area contributed by atoms with E-state index >= 15 is 0 Å². The molecule has 3 heteroatoms. The molecule has 0 saturated carbocycles. The van der Waals surface area contributed by atoms with Crippen LogP contribution in [0.5, 0.6) is 0 Å². The fourth-order valence-corrected chi connectivity index (χ4v) is 2.40. The van der Waals surface area contributed by atoms with Crippen molar-refractivity contribution in [1.82, 2.24) is 10.2 Å². The lowest BCUT2D eigenvalue weighted by Gasteiger charge is -2.37. The zero-order valence-electron chi connectivity index (χ0n) is 9.63. The third-order valence-electron chi connectivity index (χ3n) is 3.13. The van der Waals surface area contributed by atoms with Crippen LogP contribution in [0.2, 0.25) is 0 Å². The molecule has 1 saturated heterocycles. The van der Waals surface area contributed by atoms with Gasteiger partial charge in [0.25, 0.3) is 0 Å². The maximum atomic E-state index is 5.60. The van der Waals surface area contributed by atoms with Crippen LogP contribution in [0.15, 0.2) is 0 Å². The Morgan fingerprint density at radius 1 is 1.36 bits per heavy atom. The molecule has 0 bridgehead atoms. The predicted molar refractivity (Wildman–Crippen MR) is 61.4 cm³/mol. The van der Waals surface area contributed by atoms with Gasteiger partial charge in [0.15, 0.2) is 0 Å². The summed E-state index contributed by atoms with van der Waals surface area (Å²) in [5, 5.41) is 3.55. The quantitative estimate of drug-likeness (QED) is 0.683. The number of piperidine rings is 1. The van der Waals surface area contributed by atoms with Crippen molar-refractivity contribution in [3.05, 3.63) is 0 Å². The number of likely N-dealkylation sites (tertiary alicyclic amines) is 1. The van der Waals surface area contributed by atoms with Gasteiger partial charge in [0.2, 0.25) is 0 Å².